The maximum atomic E-state index is 12.7. The van der Waals surface area contributed by atoms with Crippen LogP contribution in [0.4, 0.5) is 5.82 Å². The van der Waals surface area contributed by atoms with Crippen molar-refractivity contribution in [2.45, 2.75) is 45.6 Å². The van der Waals surface area contributed by atoms with Gasteiger partial charge < -0.3 is 19.1 Å². The molecule has 0 spiro atoms. The van der Waals surface area contributed by atoms with Crippen molar-refractivity contribution in [3.05, 3.63) is 35.9 Å². The van der Waals surface area contributed by atoms with E-state index < -0.39 is 5.91 Å². The largest absolute Gasteiger partial charge is 0.378 e. The number of nitrogens with one attached hydrogen (secondary N) is 1. The van der Waals surface area contributed by atoms with E-state index >= 15 is 0 Å². The van der Waals surface area contributed by atoms with E-state index in [0.717, 1.165) is 72.3 Å². The fraction of sp³-hybridized carbons (Fsp3) is 0.533. The van der Waals surface area contributed by atoms with Crippen LogP contribution in [0.5, 0.6) is 0 Å². The molecule has 2 fully saturated rings. The van der Waals surface area contributed by atoms with Crippen LogP contribution in [0.1, 0.15) is 44.3 Å². The average Bonchev–Trinajstić information content (AvgIpc) is 3.60. The van der Waals surface area contributed by atoms with Crippen molar-refractivity contribution in [2.24, 2.45) is 7.05 Å². The number of carbonyl (C=O) groups is 2. The number of carbonyl (C=O) groups excluding carboxylic acids is 2. The second kappa shape index (κ2) is 13.2. The summed E-state index contributed by atoms with van der Waals surface area (Å²) in [5.41, 5.74) is 5.07. The van der Waals surface area contributed by atoms with E-state index in [2.05, 4.69) is 31.9 Å². The monoisotopic (exact) mass is 604 g/mol. The van der Waals surface area contributed by atoms with Gasteiger partial charge in [0, 0.05) is 65.6 Å². The smallest absolute Gasteiger partial charge is 0.243 e. The molecule has 0 aliphatic carbocycles. The number of anilines is 1. The fourth-order valence-corrected chi connectivity index (χ4v) is 5.98. The van der Waals surface area contributed by atoms with Crippen molar-refractivity contribution in [1.29, 1.82) is 0 Å². The highest BCUT2D eigenvalue weighted by atomic mass is 16.5. The molecule has 0 atom stereocenters. The average molecular weight is 605 g/mol. The van der Waals surface area contributed by atoms with Crippen molar-refractivity contribution < 1.29 is 19.5 Å². The molecular weight excluding hydrogens is 564 g/mol. The summed E-state index contributed by atoms with van der Waals surface area (Å²) < 4.78 is 9.76. The zero-order chi connectivity index (χ0) is 30.6. The highest BCUT2D eigenvalue weighted by Crippen LogP contribution is 2.29. The lowest BCUT2D eigenvalue weighted by Crippen LogP contribution is -2.48. The first-order valence-corrected chi connectivity index (χ1v) is 15.4. The van der Waals surface area contributed by atoms with Gasteiger partial charge in [0.2, 0.25) is 17.8 Å². The molecule has 234 valence electrons. The summed E-state index contributed by atoms with van der Waals surface area (Å²) in [7, 11) is 2.01. The molecule has 4 aromatic rings. The minimum Gasteiger partial charge on any atom is -0.378 e. The highest BCUT2D eigenvalue weighted by molar-refractivity contribution is 5.86. The Morgan fingerprint density at radius 1 is 0.932 bits per heavy atom. The van der Waals surface area contributed by atoms with Crippen LogP contribution in [0.2, 0.25) is 0 Å². The predicted molar refractivity (Wildman–Crippen MR) is 164 cm³/mol. The van der Waals surface area contributed by atoms with E-state index in [4.69, 9.17) is 29.9 Å². The molecule has 0 saturated carbocycles. The Hall–Kier alpha value is -4.14. The van der Waals surface area contributed by atoms with Gasteiger partial charge in [-0.2, -0.15) is 9.97 Å². The van der Waals surface area contributed by atoms with Gasteiger partial charge in [-0.1, -0.05) is 19.1 Å². The summed E-state index contributed by atoms with van der Waals surface area (Å²) in [6, 6.07) is 8.07. The van der Waals surface area contributed by atoms with E-state index in [9.17, 15) is 9.59 Å². The summed E-state index contributed by atoms with van der Waals surface area (Å²) >= 11 is 0. The summed E-state index contributed by atoms with van der Waals surface area (Å²) in [4.78, 5) is 50.5. The molecule has 2 aliphatic heterocycles. The number of ether oxygens (including phenoxy) is 1. The number of para-hydroxylation sites is 2. The van der Waals surface area contributed by atoms with Gasteiger partial charge in [-0.15, -0.1) is 0 Å². The fourth-order valence-electron chi connectivity index (χ4n) is 5.98. The lowest BCUT2D eigenvalue weighted by Gasteiger charge is -2.34. The second-order valence-electron chi connectivity index (χ2n) is 11.3. The Bertz CT molecular complexity index is 1640. The summed E-state index contributed by atoms with van der Waals surface area (Å²) in [6.45, 7) is 8.25. The number of fused-ring (bicyclic) bond motifs is 2. The van der Waals surface area contributed by atoms with E-state index in [1.54, 1.807) is 5.48 Å². The van der Waals surface area contributed by atoms with E-state index in [1.807, 2.05) is 30.1 Å². The first-order chi connectivity index (χ1) is 21.5. The Kier molecular flexibility index (Phi) is 9.00. The molecule has 5 heterocycles. The Morgan fingerprint density at radius 3 is 2.43 bits per heavy atom. The van der Waals surface area contributed by atoms with Gasteiger partial charge in [-0.05, 0) is 25.0 Å². The minimum atomic E-state index is -0.423. The van der Waals surface area contributed by atoms with Gasteiger partial charge in [0.05, 0.1) is 30.8 Å². The number of unbranched alkanes of at least 4 members (excludes halogenated alkanes) is 1. The normalized spacial score (nSPS) is 16.2. The van der Waals surface area contributed by atoms with Gasteiger partial charge in [0.1, 0.15) is 11.6 Å². The van der Waals surface area contributed by atoms with Crippen molar-refractivity contribution in [2.75, 3.05) is 57.4 Å². The predicted octanol–water partition coefficient (Wildman–Crippen LogP) is 1.81. The Morgan fingerprint density at radius 2 is 1.68 bits per heavy atom. The number of aryl methyl sites for hydroxylation is 2. The number of hydroxylamine groups is 1. The number of benzene rings is 1. The summed E-state index contributed by atoms with van der Waals surface area (Å²) in [5, 5.41) is 8.61. The van der Waals surface area contributed by atoms with Crippen molar-refractivity contribution >= 4 is 39.8 Å². The van der Waals surface area contributed by atoms with Crippen molar-refractivity contribution in [3.63, 3.8) is 0 Å². The Balaban J connectivity index is 1.23. The molecule has 0 bridgehead atoms. The van der Waals surface area contributed by atoms with Gasteiger partial charge >= 0.3 is 0 Å². The molecule has 0 unspecified atom stereocenters. The van der Waals surface area contributed by atoms with Gasteiger partial charge in [0.25, 0.3) is 0 Å². The first kappa shape index (κ1) is 29.9. The molecule has 14 heteroatoms. The quantitative estimate of drug-likeness (QED) is 0.156. The molecule has 2 aliphatic rings. The van der Waals surface area contributed by atoms with Crippen LogP contribution in [0.3, 0.4) is 0 Å². The summed E-state index contributed by atoms with van der Waals surface area (Å²) in [6.07, 6.45) is 2.55. The molecule has 14 nitrogen and oxygen atoms in total. The number of hydrogen-bond acceptors (Lipinski definition) is 10. The SMILES string of the molecule is CCc1nc2ccccc2n1-c1nc(N2CCOCC2)c2nc(CN3CCN(C(=O)CCCCC(=O)NO)CC3)n(C)c2n1. The molecular formula is C30H40N10O4. The molecule has 1 aromatic carbocycles. The zero-order valence-electron chi connectivity index (χ0n) is 25.4. The molecule has 2 saturated heterocycles. The number of aromatic nitrogens is 6. The number of imidazole rings is 2. The van der Waals surface area contributed by atoms with Crippen LogP contribution >= 0.6 is 0 Å². The van der Waals surface area contributed by atoms with Crippen LogP contribution in [0.15, 0.2) is 24.3 Å². The Labute approximate surface area is 255 Å². The van der Waals surface area contributed by atoms with Crippen LogP contribution in [0, 0.1) is 0 Å². The second-order valence-corrected chi connectivity index (χ2v) is 11.3. The molecule has 2 amide bonds. The first-order valence-electron chi connectivity index (χ1n) is 15.4. The molecule has 6 rings (SSSR count). The van der Waals surface area contributed by atoms with E-state index in [-0.39, 0.29) is 12.3 Å². The van der Waals surface area contributed by atoms with Gasteiger partial charge in [-0.3, -0.25) is 24.3 Å². The standard InChI is InChI=1S/C30H40N10O4/c1-3-23-31-21-8-4-5-9-22(21)40(23)30-33-28-27(29(34-30)39-16-18-44-19-17-39)32-24(36(28)2)20-37-12-14-38(15-13-37)26(42)11-7-6-10-25(41)35-43/h4-5,8-9,43H,3,6-7,10-20H2,1-2H3,(H,35,41). The third-order valence-electron chi connectivity index (χ3n) is 8.50. The number of nitrogens with zero attached hydrogens (tertiary/aromatic N) is 9. The van der Waals surface area contributed by atoms with E-state index in [1.165, 1.54) is 0 Å². The van der Waals surface area contributed by atoms with Crippen molar-refractivity contribution in [1.82, 2.24) is 44.4 Å². The molecule has 0 radical (unpaired) electrons. The molecule has 44 heavy (non-hydrogen) atoms. The number of amides is 2. The zero-order valence-corrected chi connectivity index (χ0v) is 25.4. The third kappa shape index (κ3) is 6.10. The number of hydrogen-bond donors (Lipinski definition) is 2. The molecule has 3 aromatic heterocycles. The lowest BCUT2D eigenvalue weighted by molar-refractivity contribution is -0.133. The van der Waals surface area contributed by atoms with Crippen LogP contribution in [-0.4, -0.2) is 108 Å². The van der Waals surface area contributed by atoms with Crippen molar-refractivity contribution in [3.8, 4) is 5.95 Å². The van der Waals surface area contributed by atoms with E-state index in [0.29, 0.717) is 58.1 Å². The van der Waals surface area contributed by atoms with Gasteiger partial charge in [-0.25, -0.2) is 15.4 Å². The van der Waals surface area contributed by atoms with Crippen LogP contribution < -0.4 is 10.4 Å². The summed E-state index contributed by atoms with van der Waals surface area (Å²) in [5.74, 6) is 2.88. The maximum Gasteiger partial charge on any atom is 0.243 e. The highest BCUT2D eigenvalue weighted by Gasteiger charge is 2.26. The topological polar surface area (TPSA) is 147 Å². The third-order valence-corrected chi connectivity index (χ3v) is 8.50. The van der Waals surface area contributed by atoms with Crippen LogP contribution in [-0.2, 0) is 34.3 Å². The number of piperazine rings is 1. The lowest BCUT2D eigenvalue weighted by atomic mass is 10.1. The minimum absolute atomic E-state index is 0.105. The number of morpholine rings is 1. The molecule has 2 N–H and O–H groups in total. The maximum absolute atomic E-state index is 12.7. The number of rotatable bonds is 10. The van der Waals surface area contributed by atoms with Crippen LogP contribution in [0.25, 0.3) is 28.1 Å². The van der Waals surface area contributed by atoms with Gasteiger partial charge in [0.15, 0.2) is 17.0 Å².